The van der Waals surface area contributed by atoms with E-state index in [0.29, 0.717) is 32.5 Å². The molecule has 176 valence electrons. The molecule has 0 saturated heterocycles. The standard InChI is InChI=1S/C24H37N5O3/c1-18-7-9-21(10-8-18)13-27(4)15-23-19(2)12-29(20(3)16-30)24(31)6-5-11-28-14-22(17-32-23)25-26-28/h7-10,14,19-20,23,30H,5-6,11-13,15-17H2,1-4H3/t19-,20-,23+/m0/s1. The van der Waals surface area contributed by atoms with Crippen LogP contribution in [-0.2, 0) is 29.2 Å². The third-order valence-corrected chi connectivity index (χ3v) is 6.11. The van der Waals surface area contributed by atoms with Crippen molar-refractivity contribution >= 4 is 5.91 Å². The minimum absolute atomic E-state index is 0.0522. The first-order chi connectivity index (χ1) is 15.4. The smallest absolute Gasteiger partial charge is 0.222 e. The first-order valence-electron chi connectivity index (χ1n) is 11.5. The first kappa shape index (κ1) is 24.4. The summed E-state index contributed by atoms with van der Waals surface area (Å²) in [6.45, 7) is 9.16. The van der Waals surface area contributed by atoms with Crippen LogP contribution in [0.25, 0.3) is 0 Å². The first-order valence-corrected chi connectivity index (χ1v) is 11.5. The van der Waals surface area contributed by atoms with Crippen LogP contribution in [0.1, 0.15) is 43.5 Å². The molecule has 1 aliphatic heterocycles. The highest BCUT2D eigenvalue weighted by Crippen LogP contribution is 2.18. The number of aryl methyl sites for hydroxylation is 2. The van der Waals surface area contributed by atoms with Crippen LogP contribution in [0.15, 0.2) is 30.5 Å². The molecule has 8 heteroatoms. The fourth-order valence-corrected chi connectivity index (χ4v) is 4.07. The molecule has 1 aromatic carbocycles. The molecule has 2 aromatic rings. The highest BCUT2D eigenvalue weighted by molar-refractivity contribution is 5.76. The van der Waals surface area contributed by atoms with Gasteiger partial charge in [-0.25, -0.2) is 0 Å². The lowest BCUT2D eigenvalue weighted by Gasteiger charge is -2.35. The van der Waals surface area contributed by atoms with Crippen LogP contribution in [0.2, 0.25) is 0 Å². The van der Waals surface area contributed by atoms with Gasteiger partial charge in [0.15, 0.2) is 0 Å². The number of ether oxygens (including phenoxy) is 1. The maximum Gasteiger partial charge on any atom is 0.222 e. The molecule has 2 heterocycles. The lowest BCUT2D eigenvalue weighted by atomic mass is 10.0. The average Bonchev–Trinajstić information content (AvgIpc) is 3.23. The van der Waals surface area contributed by atoms with E-state index in [-0.39, 0.29) is 30.6 Å². The van der Waals surface area contributed by atoms with Crippen LogP contribution in [-0.4, -0.2) is 74.7 Å². The monoisotopic (exact) mass is 443 g/mol. The van der Waals surface area contributed by atoms with E-state index in [4.69, 9.17) is 4.74 Å². The third-order valence-electron chi connectivity index (χ3n) is 6.11. The molecule has 1 amide bonds. The van der Waals surface area contributed by atoms with Gasteiger partial charge in [0.05, 0.1) is 31.6 Å². The van der Waals surface area contributed by atoms with Gasteiger partial charge < -0.3 is 14.7 Å². The summed E-state index contributed by atoms with van der Waals surface area (Å²) in [6, 6.07) is 8.34. The van der Waals surface area contributed by atoms with Crippen molar-refractivity contribution in [1.82, 2.24) is 24.8 Å². The van der Waals surface area contributed by atoms with Crippen molar-refractivity contribution in [3.8, 4) is 0 Å². The van der Waals surface area contributed by atoms with Gasteiger partial charge in [0.25, 0.3) is 0 Å². The van der Waals surface area contributed by atoms with Crippen LogP contribution in [0, 0.1) is 12.8 Å². The minimum atomic E-state index is -0.224. The lowest BCUT2D eigenvalue weighted by molar-refractivity contribution is -0.136. The Morgan fingerprint density at radius 1 is 1.31 bits per heavy atom. The van der Waals surface area contributed by atoms with E-state index >= 15 is 0 Å². The van der Waals surface area contributed by atoms with Crippen molar-refractivity contribution in [1.29, 1.82) is 0 Å². The molecule has 0 aliphatic carbocycles. The van der Waals surface area contributed by atoms with Crippen molar-refractivity contribution in [2.24, 2.45) is 5.92 Å². The number of benzene rings is 1. The molecule has 3 atom stereocenters. The van der Waals surface area contributed by atoms with Gasteiger partial charge in [0.2, 0.25) is 5.91 Å². The van der Waals surface area contributed by atoms with Gasteiger partial charge in [-0.15, -0.1) is 5.10 Å². The van der Waals surface area contributed by atoms with E-state index in [1.54, 1.807) is 4.68 Å². The lowest BCUT2D eigenvalue weighted by Crippen LogP contribution is -2.47. The van der Waals surface area contributed by atoms with Crippen molar-refractivity contribution in [2.75, 3.05) is 26.7 Å². The van der Waals surface area contributed by atoms with E-state index in [2.05, 4.69) is 60.4 Å². The third kappa shape index (κ3) is 6.85. The number of aliphatic hydroxyl groups is 1. The number of fused-ring (bicyclic) bond motifs is 2. The van der Waals surface area contributed by atoms with Crippen LogP contribution < -0.4 is 0 Å². The summed E-state index contributed by atoms with van der Waals surface area (Å²) in [5, 5.41) is 18.1. The Morgan fingerprint density at radius 2 is 2.06 bits per heavy atom. The number of aromatic nitrogens is 3. The minimum Gasteiger partial charge on any atom is -0.394 e. The molecule has 2 bridgehead atoms. The Bertz CT molecular complexity index is 854. The summed E-state index contributed by atoms with van der Waals surface area (Å²) < 4.78 is 8.10. The molecular weight excluding hydrogens is 406 g/mol. The van der Waals surface area contributed by atoms with Gasteiger partial charge in [-0.05, 0) is 32.9 Å². The number of rotatable bonds is 6. The quantitative estimate of drug-likeness (QED) is 0.737. The maximum atomic E-state index is 12.9. The van der Waals surface area contributed by atoms with Gasteiger partial charge in [-0.3, -0.25) is 14.4 Å². The van der Waals surface area contributed by atoms with Gasteiger partial charge in [0.1, 0.15) is 5.69 Å². The summed E-state index contributed by atoms with van der Waals surface area (Å²) >= 11 is 0. The molecule has 32 heavy (non-hydrogen) atoms. The Labute approximate surface area is 191 Å². The second-order valence-corrected chi connectivity index (χ2v) is 9.16. The Hall–Kier alpha value is -2.29. The molecule has 1 aliphatic rings. The zero-order valence-corrected chi connectivity index (χ0v) is 19.8. The molecule has 0 spiro atoms. The molecule has 1 N–H and O–H groups in total. The molecule has 8 nitrogen and oxygen atoms in total. The van der Waals surface area contributed by atoms with Crippen LogP contribution in [0.3, 0.4) is 0 Å². The molecule has 3 rings (SSSR count). The Kier molecular flexibility index (Phi) is 8.78. The number of carbonyl (C=O) groups excluding carboxylic acids is 1. The number of hydrogen-bond acceptors (Lipinski definition) is 6. The van der Waals surface area contributed by atoms with E-state index in [1.807, 2.05) is 18.0 Å². The molecule has 1 aromatic heterocycles. The van der Waals surface area contributed by atoms with E-state index in [1.165, 1.54) is 11.1 Å². The number of hydrogen-bond donors (Lipinski definition) is 1. The average molecular weight is 444 g/mol. The molecule has 0 saturated carbocycles. The van der Waals surface area contributed by atoms with Crippen molar-refractivity contribution in [3.63, 3.8) is 0 Å². The van der Waals surface area contributed by atoms with Crippen LogP contribution >= 0.6 is 0 Å². The predicted octanol–water partition coefficient (Wildman–Crippen LogP) is 2.24. The van der Waals surface area contributed by atoms with E-state index in [9.17, 15) is 9.90 Å². The fourth-order valence-electron chi connectivity index (χ4n) is 4.07. The molecule has 0 unspecified atom stereocenters. The van der Waals surface area contributed by atoms with Crippen molar-refractivity contribution in [2.45, 2.75) is 65.5 Å². The highest BCUT2D eigenvalue weighted by Gasteiger charge is 2.28. The van der Waals surface area contributed by atoms with Crippen molar-refractivity contribution < 1.29 is 14.6 Å². The van der Waals surface area contributed by atoms with Crippen LogP contribution in [0.5, 0.6) is 0 Å². The zero-order valence-electron chi connectivity index (χ0n) is 19.8. The largest absolute Gasteiger partial charge is 0.394 e. The number of amides is 1. The highest BCUT2D eigenvalue weighted by atomic mass is 16.5. The molecule has 0 radical (unpaired) electrons. The topological polar surface area (TPSA) is 83.7 Å². The summed E-state index contributed by atoms with van der Waals surface area (Å²) in [6.07, 6.45) is 2.91. The fraction of sp³-hybridized carbons (Fsp3) is 0.625. The summed E-state index contributed by atoms with van der Waals surface area (Å²) in [5.74, 6) is 0.147. The van der Waals surface area contributed by atoms with Gasteiger partial charge in [0, 0.05) is 38.5 Å². The predicted molar refractivity (Wildman–Crippen MR) is 123 cm³/mol. The SMILES string of the molecule is Cc1ccc(CN(C)C[C@H]2OCc3cn(nn3)CCCC(=O)N([C@@H](C)CO)C[C@@H]2C)cc1. The van der Waals surface area contributed by atoms with Gasteiger partial charge >= 0.3 is 0 Å². The van der Waals surface area contributed by atoms with Crippen molar-refractivity contribution in [3.05, 3.63) is 47.3 Å². The Balaban J connectivity index is 1.75. The van der Waals surface area contributed by atoms with Crippen LogP contribution in [0.4, 0.5) is 0 Å². The number of nitrogens with zero attached hydrogens (tertiary/aromatic N) is 5. The number of aliphatic hydroxyl groups excluding tert-OH is 1. The second-order valence-electron chi connectivity index (χ2n) is 9.16. The molecule has 0 fully saturated rings. The number of likely N-dealkylation sites (N-methyl/N-ethyl adjacent to an activating group) is 1. The summed E-state index contributed by atoms with van der Waals surface area (Å²) in [4.78, 5) is 17.0. The number of carbonyl (C=O) groups is 1. The van der Waals surface area contributed by atoms with E-state index < -0.39 is 0 Å². The van der Waals surface area contributed by atoms with Gasteiger partial charge in [-0.2, -0.15) is 0 Å². The summed E-state index contributed by atoms with van der Waals surface area (Å²) in [5.41, 5.74) is 3.30. The van der Waals surface area contributed by atoms with Gasteiger partial charge in [-0.1, -0.05) is 42.0 Å². The molecular formula is C24H37N5O3. The normalized spacial score (nSPS) is 21.7. The second kappa shape index (κ2) is 11.5. The van der Waals surface area contributed by atoms with E-state index in [0.717, 1.165) is 18.8 Å². The zero-order chi connectivity index (χ0) is 23.1. The maximum absolute atomic E-state index is 12.9. The summed E-state index contributed by atoms with van der Waals surface area (Å²) in [7, 11) is 2.09. The Morgan fingerprint density at radius 3 is 2.78 bits per heavy atom.